The van der Waals surface area contributed by atoms with Crippen LogP contribution in [0.15, 0.2) is 24.3 Å². The van der Waals surface area contributed by atoms with Crippen molar-refractivity contribution < 1.29 is 4.92 Å². The van der Waals surface area contributed by atoms with Gasteiger partial charge in [-0.1, -0.05) is 18.2 Å². The molecule has 0 amide bonds. The van der Waals surface area contributed by atoms with Gasteiger partial charge in [0.1, 0.15) is 0 Å². The summed E-state index contributed by atoms with van der Waals surface area (Å²) in [7, 11) is 1.91. The maximum Gasteiger partial charge on any atom is 0.272 e. The van der Waals surface area contributed by atoms with E-state index < -0.39 is 0 Å². The van der Waals surface area contributed by atoms with E-state index in [-0.39, 0.29) is 10.6 Å². The highest BCUT2D eigenvalue weighted by atomic mass is 16.6. The van der Waals surface area contributed by atoms with Gasteiger partial charge in [0, 0.05) is 11.6 Å². The third kappa shape index (κ3) is 1.99. The van der Waals surface area contributed by atoms with Crippen molar-refractivity contribution in [2.24, 2.45) is 5.92 Å². The largest absolute Gasteiger partial charge is 0.319 e. The van der Waals surface area contributed by atoms with Crippen molar-refractivity contribution in [1.82, 2.24) is 5.32 Å². The van der Waals surface area contributed by atoms with E-state index in [0.29, 0.717) is 11.8 Å². The number of hydrogen-bond donors (Lipinski definition) is 1. The molecular weight excluding hydrogens is 192 g/mol. The van der Waals surface area contributed by atoms with Gasteiger partial charge < -0.3 is 5.32 Å². The molecule has 4 nitrogen and oxygen atoms in total. The van der Waals surface area contributed by atoms with Gasteiger partial charge in [0.2, 0.25) is 0 Å². The Hall–Kier alpha value is -1.42. The molecule has 1 saturated carbocycles. The van der Waals surface area contributed by atoms with Crippen LogP contribution in [0.3, 0.4) is 0 Å². The lowest BCUT2D eigenvalue weighted by atomic mass is 10.1. The number of rotatable bonds is 4. The monoisotopic (exact) mass is 206 g/mol. The fourth-order valence-corrected chi connectivity index (χ4v) is 2.08. The molecule has 4 heteroatoms. The van der Waals surface area contributed by atoms with Crippen molar-refractivity contribution >= 4 is 5.69 Å². The summed E-state index contributed by atoms with van der Waals surface area (Å²) in [5.74, 6) is 0.940. The number of nitro groups is 1. The molecule has 2 atom stereocenters. The summed E-state index contributed by atoms with van der Waals surface area (Å²) in [4.78, 5) is 10.5. The Morgan fingerprint density at radius 2 is 2.27 bits per heavy atom. The van der Waals surface area contributed by atoms with Crippen LogP contribution >= 0.6 is 0 Å². The Balaban J connectivity index is 2.19. The van der Waals surface area contributed by atoms with Crippen molar-refractivity contribution in [3.8, 4) is 0 Å². The zero-order chi connectivity index (χ0) is 10.8. The highest BCUT2D eigenvalue weighted by Gasteiger charge is 2.40. The fourth-order valence-electron chi connectivity index (χ4n) is 2.08. The zero-order valence-electron chi connectivity index (χ0n) is 8.64. The van der Waals surface area contributed by atoms with E-state index >= 15 is 0 Å². The maximum atomic E-state index is 10.8. The summed E-state index contributed by atoms with van der Waals surface area (Å²) in [6.07, 6.45) is 1.06. The first-order valence-electron chi connectivity index (χ1n) is 5.12. The molecular formula is C11H14N2O2. The summed E-state index contributed by atoms with van der Waals surface area (Å²) in [5, 5.41) is 13.9. The molecule has 80 valence electrons. The van der Waals surface area contributed by atoms with Crippen molar-refractivity contribution in [1.29, 1.82) is 0 Å². The van der Waals surface area contributed by atoms with Crippen LogP contribution < -0.4 is 5.32 Å². The Kier molecular flexibility index (Phi) is 2.68. The molecule has 1 aliphatic rings. The minimum atomic E-state index is -0.288. The van der Waals surface area contributed by atoms with Gasteiger partial charge in [-0.2, -0.15) is 0 Å². The molecule has 0 saturated heterocycles. The quantitative estimate of drug-likeness (QED) is 0.604. The Morgan fingerprint density at radius 1 is 1.53 bits per heavy atom. The molecule has 2 unspecified atom stereocenters. The van der Waals surface area contributed by atoms with Gasteiger partial charge >= 0.3 is 0 Å². The van der Waals surface area contributed by atoms with Crippen molar-refractivity contribution in [3.05, 3.63) is 39.9 Å². The van der Waals surface area contributed by atoms with E-state index in [1.807, 2.05) is 19.2 Å². The van der Waals surface area contributed by atoms with Crippen LogP contribution in [0.4, 0.5) is 5.69 Å². The van der Waals surface area contributed by atoms with E-state index in [9.17, 15) is 10.1 Å². The molecule has 1 aromatic rings. The molecule has 0 bridgehead atoms. The zero-order valence-corrected chi connectivity index (χ0v) is 8.64. The first kappa shape index (κ1) is 10.1. The molecule has 2 rings (SSSR count). The number of hydrogen-bond acceptors (Lipinski definition) is 3. The lowest BCUT2D eigenvalue weighted by Gasteiger charge is -2.01. The number of para-hydroxylation sites is 1. The topological polar surface area (TPSA) is 55.2 Å². The molecule has 0 aromatic heterocycles. The average Bonchev–Trinajstić information content (AvgIpc) is 2.98. The van der Waals surface area contributed by atoms with Crippen LogP contribution in [0.2, 0.25) is 0 Å². The highest BCUT2D eigenvalue weighted by Crippen LogP contribution is 2.49. The Morgan fingerprint density at radius 3 is 2.93 bits per heavy atom. The van der Waals surface area contributed by atoms with E-state index in [4.69, 9.17) is 0 Å². The van der Waals surface area contributed by atoms with E-state index in [1.165, 1.54) is 0 Å². The summed E-state index contributed by atoms with van der Waals surface area (Å²) in [6, 6.07) is 7.05. The van der Waals surface area contributed by atoms with Crippen LogP contribution in [0.1, 0.15) is 17.9 Å². The van der Waals surface area contributed by atoms with Gasteiger partial charge in [-0.25, -0.2) is 0 Å². The van der Waals surface area contributed by atoms with E-state index in [0.717, 1.165) is 18.5 Å². The lowest BCUT2D eigenvalue weighted by Crippen LogP contribution is -2.10. The number of nitrogens with one attached hydrogen (secondary N) is 1. The van der Waals surface area contributed by atoms with Gasteiger partial charge in [-0.05, 0) is 31.8 Å². The van der Waals surface area contributed by atoms with E-state index in [2.05, 4.69) is 5.32 Å². The van der Waals surface area contributed by atoms with Crippen LogP contribution in [-0.2, 0) is 0 Å². The molecule has 1 fully saturated rings. The third-order valence-corrected chi connectivity index (χ3v) is 2.92. The summed E-state index contributed by atoms with van der Waals surface area (Å²) in [5.41, 5.74) is 1.16. The predicted molar refractivity (Wildman–Crippen MR) is 57.9 cm³/mol. The second kappa shape index (κ2) is 3.98. The Labute approximate surface area is 88.5 Å². The maximum absolute atomic E-state index is 10.8. The van der Waals surface area contributed by atoms with Crippen LogP contribution in [0.5, 0.6) is 0 Å². The molecule has 1 aliphatic carbocycles. The molecule has 1 N–H and O–H groups in total. The highest BCUT2D eigenvalue weighted by molar-refractivity contribution is 5.45. The Bertz CT molecular complexity index is 379. The molecule has 1 aromatic carbocycles. The minimum absolute atomic E-state index is 0.265. The predicted octanol–water partition coefficient (Wildman–Crippen LogP) is 1.92. The average molecular weight is 206 g/mol. The van der Waals surface area contributed by atoms with Gasteiger partial charge in [0.25, 0.3) is 5.69 Å². The number of nitrogens with zero attached hydrogens (tertiary/aromatic N) is 1. The molecule has 0 spiro atoms. The number of nitro benzene ring substituents is 1. The second-order valence-electron chi connectivity index (χ2n) is 3.98. The summed E-state index contributed by atoms with van der Waals surface area (Å²) < 4.78 is 0. The van der Waals surface area contributed by atoms with E-state index in [1.54, 1.807) is 12.1 Å². The molecule has 0 heterocycles. The van der Waals surface area contributed by atoms with Gasteiger partial charge in [0.15, 0.2) is 0 Å². The number of benzene rings is 1. The van der Waals surface area contributed by atoms with Gasteiger partial charge in [-0.15, -0.1) is 0 Å². The molecule has 15 heavy (non-hydrogen) atoms. The summed E-state index contributed by atoms with van der Waals surface area (Å²) in [6.45, 7) is 0.941. The lowest BCUT2D eigenvalue weighted by molar-refractivity contribution is -0.385. The van der Waals surface area contributed by atoms with Crippen LogP contribution in [0.25, 0.3) is 0 Å². The van der Waals surface area contributed by atoms with Crippen molar-refractivity contribution in [2.75, 3.05) is 13.6 Å². The van der Waals surface area contributed by atoms with Crippen LogP contribution in [-0.4, -0.2) is 18.5 Å². The second-order valence-corrected chi connectivity index (χ2v) is 3.98. The van der Waals surface area contributed by atoms with Crippen molar-refractivity contribution in [3.63, 3.8) is 0 Å². The third-order valence-electron chi connectivity index (χ3n) is 2.92. The van der Waals surface area contributed by atoms with Gasteiger partial charge in [-0.3, -0.25) is 10.1 Å². The SMILES string of the molecule is CNCC1CC1c1ccccc1[N+](=O)[O-]. The van der Waals surface area contributed by atoms with Crippen molar-refractivity contribution in [2.45, 2.75) is 12.3 Å². The first-order valence-corrected chi connectivity index (χ1v) is 5.12. The molecule has 0 aliphatic heterocycles. The van der Waals surface area contributed by atoms with Gasteiger partial charge in [0.05, 0.1) is 4.92 Å². The molecule has 0 radical (unpaired) electrons. The minimum Gasteiger partial charge on any atom is -0.319 e. The summed E-state index contributed by atoms with van der Waals surface area (Å²) >= 11 is 0. The normalized spacial score (nSPS) is 23.8. The fraction of sp³-hybridized carbons (Fsp3) is 0.455. The van der Waals surface area contributed by atoms with Crippen LogP contribution in [0, 0.1) is 16.0 Å². The standard InChI is InChI=1S/C11H14N2O2/c1-12-7-8-6-10(8)9-4-2-3-5-11(9)13(14)15/h2-5,8,10,12H,6-7H2,1H3. The first-order chi connectivity index (χ1) is 7.24. The smallest absolute Gasteiger partial charge is 0.272 e.